The third-order valence-corrected chi connectivity index (χ3v) is 5.56. The molecule has 0 unspecified atom stereocenters. The van der Waals surface area contributed by atoms with E-state index < -0.39 is 55.7 Å². The van der Waals surface area contributed by atoms with Gasteiger partial charge in [-0.3, -0.25) is 4.98 Å². The largest absolute Gasteiger partial charge is 0.433 e. The molecule has 0 atom stereocenters. The summed E-state index contributed by atoms with van der Waals surface area (Å²) in [5.41, 5.74) is -2.98. The zero-order chi connectivity index (χ0) is 22.3. The summed E-state index contributed by atoms with van der Waals surface area (Å²) >= 11 is 0. The number of alkyl halides is 6. The van der Waals surface area contributed by atoms with Crippen LogP contribution in [0.15, 0.2) is 39.9 Å². The summed E-state index contributed by atoms with van der Waals surface area (Å²) in [6.07, 6.45) is -8.28. The molecule has 0 aliphatic heterocycles. The second-order valence-corrected chi connectivity index (χ2v) is 8.06. The van der Waals surface area contributed by atoms with Gasteiger partial charge in [0, 0.05) is 12.4 Å². The quantitative estimate of drug-likeness (QED) is 0.552. The molecule has 30 heavy (non-hydrogen) atoms. The Hall–Kier alpha value is -3.03. The summed E-state index contributed by atoms with van der Waals surface area (Å²) in [6.45, 7) is 1.23. The molecule has 0 aliphatic carbocycles. The standard InChI is InChI=1S/C16H10F6N4O3S/c1-2-30(27,28)10-5-9(15(17,18)19)7-24-12(10)14-26-25-13(29-14)8-3-4-11(23-6-8)16(20,21)22/h3-7H,2H2,1H3. The van der Waals surface area contributed by atoms with Crippen molar-refractivity contribution in [3.05, 3.63) is 41.9 Å². The first-order valence-corrected chi connectivity index (χ1v) is 9.65. The van der Waals surface area contributed by atoms with Gasteiger partial charge in [0.25, 0.3) is 5.89 Å². The molecule has 3 aromatic heterocycles. The van der Waals surface area contributed by atoms with Crippen LogP contribution in [0.4, 0.5) is 26.3 Å². The van der Waals surface area contributed by atoms with Gasteiger partial charge >= 0.3 is 12.4 Å². The van der Waals surface area contributed by atoms with Gasteiger partial charge in [-0.05, 0) is 18.2 Å². The Bertz CT molecular complexity index is 1170. The van der Waals surface area contributed by atoms with Gasteiger partial charge in [-0.25, -0.2) is 13.4 Å². The predicted molar refractivity (Wildman–Crippen MR) is 88.5 cm³/mol. The maximum Gasteiger partial charge on any atom is 0.433 e. The van der Waals surface area contributed by atoms with Crippen molar-refractivity contribution in [2.75, 3.05) is 5.75 Å². The van der Waals surface area contributed by atoms with Gasteiger partial charge in [0.2, 0.25) is 5.89 Å². The van der Waals surface area contributed by atoms with Gasteiger partial charge in [0.15, 0.2) is 9.84 Å². The first-order valence-electron chi connectivity index (χ1n) is 8.00. The third-order valence-electron chi connectivity index (χ3n) is 3.82. The highest BCUT2D eigenvalue weighted by molar-refractivity contribution is 7.91. The van der Waals surface area contributed by atoms with E-state index in [0.29, 0.717) is 18.3 Å². The minimum absolute atomic E-state index is 0.0199. The van der Waals surface area contributed by atoms with E-state index in [4.69, 9.17) is 4.42 Å². The van der Waals surface area contributed by atoms with Crippen LogP contribution in [-0.2, 0) is 22.2 Å². The number of aromatic nitrogens is 4. The molecule has 0 saturated carbocycles. The first-order chi connectivity index (χ1) is 13.8. The maximum atomic E-state index is 13.0. The average molecular weight is 452 g/mol. The Morgan fingerprint density at radius 2 is 1.60 bits per heavy atom. The lowest BCUT2D eigenvalue weighted by molar-refractivity contribution is -0.141. The lowest BCUT2D eigenvalue weighted by atomic mass is 10.2. The number of rotatable bonds is 4. The summed E-state index contributed by atoms with van der Waals surface area (Å²) < 4.78 is 106. The molecule has 160 valence electrons. The molecule has 3 aromatic rings. The van der Waals surface area contributed by atoms with Gasteiger partial charge in [-0.2, -0.15) is 26.3 Å². The van der Waals surface area contributed by atoms with Crippen molar-refractivity contribution in [2.24, 2.45) is 0 Å². The molecule has 3 rings (SSSR count). The van der Waals surface area contributed by atoms with Crippen LogP contribution in [0.1, 0.15) is 18.2 Å². The molecule has 0 amide bonds. The molecule has 0 fully saturated rings. The van der Waals surface area contributed by atoms with Crippen molar-refractivity contribution in [3.8, 4) is 23.0 Å². The molecule has 0 aliphatic rings. The first kappa shape index (κ1) is 21.7. The van der Waals surface area contributed by atoms with E-state index in [0.717, 1.165) is 12.3 Å². The van der Waals surface area contributed by atoms with E-state index in [2.05, 4.69) is 20.2 Å². The summed E-state index contributed by atoms with van der Waals surface area (Å²) in [4.78, 5) is 5.99. The van der Waals surface area contributed by atoms with E-state index in [1.807, 2.05) is 0 Å². The number of pyridine rings is 2. The Balaban J connectivity index is 2.06. The molecule has 0 radical (unpaired) electrons. The topological polar surface area (TPSA) is 98.8 Å². The summed E-state index contributed by atoms with van der Waals surface area (Å²) in [7, 11) is -4.16. The molecule has 0 saturated heterocycles. The van der Waals surface area contributed by atoms with Gasteiger partial charge in [0.05, 0.1) is 21.8 Å². The highest BCUT2D eigenvalue weighted by Gasteiger charge is 2.35. The van der Waals surface area contributed by atoms with Crippen molar-refractivity contribution >= 4 is 9.84 Å². The Kier molecular flexibility index (Phi) is 5.30. The normalized spacial score (nSPS) is 12.9. The van der Waals surface area contributed by atoms with E-state index in [1.165, 1.54) is 6.92 Å². The highest BCUT2D eigenvalue weighted by atomic mass is 32.2. The van der Waals surface area contributed by atoms with Crippen molar-refractivity contribution in [1.82, 2.24) is 20.2 Å². The number of nitrogens with zero attached hydrogens (tertiary/aromatic N) is 4. The number of hydrogen-bond donors (Lipinski definition) is 0. The lowest BCUT2D eigenvalue weighted by Gasteiger charge is -2.10. The number of halogens is 6. The molecule has 0 N–H and O–H groups in total. The molecule has 0 spiro atoms. The van der Waals surface area contributed by atoms with Crippen LogP contribution >= 0.6 is 0 Å². The van der Waals surface area contributed by atoms with Gasteiger partial charge in [0.1, 0.15) is 11.4 Å². The average Bonchev–Trinajstić information content (AvgIpc) is 3.16. The fourth-order valence-corrected chi connectivity index (χ4v) is 3.33. The molecule has 14 heteroatoms. The monoisotopic (exact) mass is 452 g/mol. The molecule has 0 bridgehead atoms. The zero-order valence-corrected chi connectivity index (χ0v) is 15.6. The van der Waals surface area contributed by atoms with Crippen LogP contribution in [0.5, 0.6) is 0 Å². The molecule has 0 aromatic carbocycles. The number of hydrogen-bond acceptors (Lipinski definition) is 7. The van der Waals surface area contributed by atoms with E-state index >= 15 is 0 Å². The van der Waals surface area contributed by atoms with Crippen molar-refractivity contribution in [2.45, 2.75) is 24.2 Å². The van der Waals surface area contributed by atoms with E-state index in [1.54, 1.807) is 0 Å². The van der Waals surface area contributed by atoms with Crippen LogP contribution < -0.4 is 0 Å². The summed E-state index contributed by atoms with van der Waals surface area (Å²) in [6, 6.07) is 2.07. The Morgan fingerprint density at radius 1 is 0.933 bits per heavy atom. The minimum atomic E-state index is -4.84. The van der Waals surface area contributed by atoms with E-state index in [-0.39, 0.29) is 11.5 Å². The summed E-state index contributed by atoms with van der Waals surface area (Å²) in [5, 5.41) is 7.14. The highest BCUT2D eigenvalue weighted by Crippen LogP contribution is 2.35. The summed E-state index contributed by atoms with van der Waals surface area (Å²) in [5.74, 6) is -1.37. The molecular formula is C16H10F6N4O3S. The molecule has 7 nitrogen and oxygen atoms in total. The molecular weight excluding hydrogens is 442 g/mol. The van der Waals surface area contributed by atoms with Gasteiger partial charge < -0.3 is 4.42 Å². The van der Waals surface area contributed by atoms with E-state index in [9.17, 15) is 34.8 Å². The van der Waals surface area contributed by atoms with Gasteiger partial charge in [-0.15, -0.1) is 10.2 Å². The Labute approximate surface area is 164 Å². The zero-order valence-electron chi connectivity index (χ0n) is 14.8. The van der Waals surface area contributed by atoms with Crippen LogP contribution in [0.3, 0.4) is 0 Å². The van der Waals surface area contributed by atoms with Crippen molar-refractivity contribution in [3.63, 3.8) is 0 Å². The van der Waals surface area contributed by atoms with Gasteiger partial charge in [-0.1, -0.05) is 6.92 Å². The van der Waals surface area contributed by atoms with Crippen LogP contribution in [0.25, 0.3) is 23.0 Å². The fourth-order valence-electron chi connectivity index (χ4n) is 2.28. The molecule has 3 heterocycles. The lowest BCUT2D eigenvalue weighted by Crippen LogP contribution is -2.12. The third kappa shape index (κ3) is 4.27. The second-order valence-electron chi connectivity index (χ2n) is 5.81. The minimum Gasteiger partial charge on any atom is -0.414 e. The second kappa shape index (κ2) is 7.34. The smallest absolute Gasteiger partial charge is 0.414 e. The van der Waals surface area contributed by atoms with Crippen LogP contribution in [0, 0.1) is 0 Å². The van der Waals surface area contributed by atoms with Crippen LogP contribution in [-0.4, -0.2) is 34.3 Å². The van der Waals surface area contributed by atoms with Crippen molar-refractivity contribution in [1.29, 1.82) is 0 Å². The Morgan fingerprint density at radius 3 is 2.13 bits per heavy atom. The predicted octanol–water partition coefficient (Wildman–Crippen LogP) is 4.02. The maximum absolute atomic E-state index is 13.0. The van der Waals surface area contributed by atoms with Crippen molar-refractivity contribution < 1.29 is 39.2 Å². The van der Waals surface area contributed by atoms with Crippen LogP contribution in [0.2, 0.25) is 0 Å². The SMILES string of the molecule is CCS(=O)(=O)c1cc(C(F)(F)F)cnc1-c1nnc(-c2ccc(C(F)(F)F)nc2)o1. The fraction of sp³-hybridized carbons (Fsp3) is 0.250. The number of sulfone groups is 1.